The molecule has 0 aromatic rings. The van der Waals surface area contributed by atoms with Crippen LogP contribution in [0.15, 0.2) is 0 Å². The first-order valence-corrected chi connectivity index (χ1v) is 8.37. The van der Waals surface area contributed by atoms with Crippen LogP contribution in [0.25, 0.3) is 0 Å². The smallest absolute Gasteiger partial charge is 0.0220 e. The zero-order chi connectivity index (χ0) is 13.7. The van der Waals surface area contributed by atoms with Crippen LogP contribution >= 0.6 is 0 Å². The van der Waals surface area contributed by atoms with Gasteiger partial charge in [0.15, 0.2) is 0 Å². The van der Waals surface area contributed by atoms with Gasteiger partial charge in [0.2, 0.25) is 0 Å². The highest BCUT2D eigenvalue weighted by Gasteiger charge is 2.29. The van der Waals surface area contributed by atoms with Gasteiger partial charge in [0.25, 0.3) is 0 Å². The van der Waals surface area contributed by atoms with Crippen molar-refractivity contribution in [1.29, 1.82) is 0 Å². The van der Waals surface area contributed by atoms with Crippen molar-refractivity contribution in [1.82, 2.24) is 9.80 Å². The van der Waals surface area contributed by atoms with Crippen LogP contribution in [0.1, 0.15) is 45.4 Å². The molecule has 2 N–H and O–H groups in total. The van der Waals surface area contributed by atoms with Gasteiger partial charge in [0.05, 0.1) is 0 Å². The lowest BCUT2D eigenvalue weighted by Gasteiger charge is -2.38. The third kappa shape index (κ3) is 4.17. The van der Waals surface area contributed by atoms with Gasteiger partial charge in [-0.2, -0.15) is 0 Å². The molecule has 1 aliphatic carbocycles. The van der Waals surface area contributed by atoms with Crippen LogP contribution in [0.4, 0.5) is 0 Å². The summed E-state index contributed by atoms with van der Waals surface area (Å²) in [5.74, 6) is 1.64. The molecule has 1 aliphatic heterocycles. The van der Waals surface area contributed by atoms with E-state index in [2.05, 4.69) is 23.8 Å². The van der Waals surface area contributed by atoms with E-state index in [0.29, 0.717) is 0 Å². The summed E-state index contributed by atoms with van der Waals surface area (Å²) < 4.78 is 0. The Bertz CT molecular complexity index is 256. The Morgan fingerprint density at radius 1 is 1.05 bits per heavy atom. The van der Waals surface area contributed by atoms with Crippen LogP contribution in [-0.2, 0) is 0 Å². The van der Waals surface area contributed by atoms with Gasteiger partial charge in [-0.25, -0.2) is 0 Å². The SMILES string of the molecule is CCC1CN(C)CCCN1CC1CCCCC1CN. The lowest BCUT2D eigenvalue weighted by Crippen LogP contribution is -2.44. The molecular weight excluding hydrogens is 234 g/mol. The molecule has 0 aromatic heterocycles. The van der Waals surface area contributed by atoms with Crippen LogP contribution < -0.4 is 5.73 Å². The molecule has 2 fully saturated rings. The molecule has 3 nitrogen and oxygen atoms in total. The molecule has 19 heavy (non-hydrogen) atoms. The number of nitrogens with zero attached hydrogens (tertiary/aromatic N) is 2. The van der Waals surface area contributed by atoms with Crippen molar-refractivity contribution in [2.24, 2.45) is 17.6 Å². The van der Waals surface area contributed by atoms with E-state index < -0.39 is 0 Å². The van der Waals surface area contributed by atoms with E-state index in [1.807, 2.05) is 0 Å². The molecule has 0 amide bonds. The normalized spacial score (nSPS) is 35.2. The minimum atomic E-state index is 0.757. The summed E-state index contributed by atoms with van der Waals surface area (Å²) in [6, 6.07) is 0.757. The minimum absolute atomic E-state index is 0.757. The maximum atomic E-state index is 5.99. The lowest BCUT2D eigenvalue weighted by atomic mass is 9.79. The van der Waals surface area contributed by atoms with Crippen LogP contribution in [-0.4, -0.2) is 55.6 Å². The molecule has 112 valence electrons. The van der Waals surface area contributed by atoms with E-state index in [0.717, 1.165) is 24.4 Å². The summed E-state index contributed by atoms with van der Waals surface area (Å²) in [5, 5.41) is 0. The summed E-state index contributed by atoms with van der Waals surface area (Å²) in [4.78, 5) is 5.29. The van der Waals surface area contributed by atoms with Gasteiger partial charge in [-0.15, -0.1) is 0 Å². The molecule has 0 bridgehead atoms. The molecule has 3 heteroatoms. The molecule has 2 rings (SSSR count). The molecule has 1 saturated heterocycles. The molecule has 0 aromatic carbocycles. The zero-order valence-electron chi connectivity index (χ0n) is 13.0. The standard InChI is InChI=1S/C16H33N3/c1-3-16-13-18(2)9-6-10-19(16)12-15-8-5-4-7-14(15)11-17/h14-16H,3-13,17H2,1-2H3. The van der Waals surface area contributed by atoms with Gasteiger partial charge in [0, 0.05) is 19.1 Å². The van der Waals surface area contributed by atoms with Crippen molar-refractivity contribution in [3.8, 4) is 0 Å². The second kappa shape index (κ2) is 7.61. The molecule has 1 heterocycles. The topological polar surface area (TPSA) is 32.5 Å². The van der Waals surface area contributed by atoms with E-state index >= 15 is 0 Å². The van der Waals surface area contributed by atoms with Gasteiger partial charge in [-0.1, -0.05) is 19.8 Å². The summed E-state index contributed by atoms with van der Waals surface area (Å²) in [6.45, 7) is 8.34. The van der Waals surface area contributed by atoms with Crippen LogP contribution in [0.2, 0.25) is 0 Å². The fourth-order valence-electron chi connectivity index (χ4n) is 4.06. The van der Waals surface area contributed by atoms with Crippen molar-refractivity contribution in [2.75, 3.05) is 39.8 Å². The Kier molecular flexibility index (Phi) is 6.11. The van der Waals surface area contributed by atoms with Crippen LogP contribution in [0, 0.1) is 11.8 Å². The van der Waals surface area contributed by atoms with Gasteiger partial charge in [-0.05, 0) is 64.2 Å². The van der Waals surface area contributed by atoms with Crippen LogP contribution in [0.5, 0.6) is 0 Å². The van der Waals surface area contributed by atoms with E-state index in [1.165, 1.54) is 64.7 Å². The van der Waals surface area contributed by atoms with E-state index in [1.54, 1.807) is 0 Å². The lowest BCUT2D eigenvalue weighted by molar-refractivity contribution is 0.115. The van der Waals surface area contributed by atoms with E-state index in [9.17, 15) is 0 Å². The molecule has 3 atom stereocenters. The van der Waals surface area contributed by atoms with Crippen molar-refractivity contribution in [3.05, 3.63) is 0 Å². The largest absolute Gasteiger partial charge is 0.330 e. The second-order valence-electron chi connectivity index (χ2n) is 6.71. The van der Waals surface area contributed by atoms with Gasteiger partial charge < -0.3 is 10.6 Å². The Balaban J connectivity index is 1.94. The third-order valence-corrected chi connectivity index (χ3v) is 5.33. The Morgan fingerprint density at radius 3 is 2.47 bits per heavy atom. The van der Waals surface area contributed by atoms with Crippen LogP contribution in [0.3, 0.4) is 0 Å². The molecule has 1 saturated carbocycles. The van der Waals surface area contributed by atoms with Gasteiger partial charge in [0.1, 0.15) is 0 Å². The summed E-state index contributed by atoms with van der Waals surface area (Å²) >= 11 is 0. The number of rotatable bonds is 4. The average Bonchev–Trinajstić information content (AvgIpc) is 2.61. The first-order valence-electron chi connectivity index (χ1n) is 8.37. The number of nitrogens with two attached hydrogens (primary N) is 1. The molecule has 3 unspecified atom stereocenters. The Morgan fingerprint density at radius 2 is 1.79 bits per heavy atom. The first kappa shape index (κ1) is 15.3. The fourth-order valence-corrected chi connectivity index (χ4v) is 4.06. The van der Waals surface area contributed by atoms with Gasteiger partial charge >= 0.3 is 0 Å². The Labute approximate surface area is 119 Å². The molecule has 0 radical (unpaired) electrons. The quantitative estimate of drug-likeness (QED) is 0.847. The monoisotopic (exact) mass is 267 g/mol. The number of hydrogen-bond acceptors (Lipinski definition) is 3. The van der Waals surface area contributed by atoms with Gasteiger partial charge in [-0.3, -0.25) is 4.90 Å². The third-order valence-electron chi connectivity index (χ3n) is 5.33. The van der Waals surface area contributed by atoms with Crippen molar-refractivity contribution < 1.29 is 0 Å². The van der Waals surface area contributed by atoms with E-state index in [-0.39, 0.29) is 0 Å². The average molecular weight is 267 g/mol. The predicted octanol–water partition coefficient (Wildman–Crippen LogP) is 2.17. The van der Waals surface area contributed by atoms with Crippen molar-refractivity contribution >= 4 is 0 Å². The minimum Gasteiger partial charge on any atom is -0.330 e. The second-order valence-corrected chi connectivity index (χ2v) is 6.71. The number of likely N-dealkylation sites (N-methyl/N-ethyl adjacent to an activating group) is 1. The highest BCUT2D eigenvalue weighted by Crippen LogP contribution is 2.31. The summed E-state index contributed by atoms with van der Waals surface area (Å²) in [7, 11) is 2.27. The molecule has 0 spiro atoms. The molecule has 2 aliphatic rings. The Hall–Kier alpha value is -0.120. The summed E-state index contributed by atoms with van der Waals surface area (Å²) in [6.07, 6.45) is 8.21. The zero-order valence-corrected chi connectivity index (χ0v) is 13.0. The molecular formula is C16H33N3. The predicted molar refractivity (Wildman–Crippen MR) is 82.3 cm³/mol. The number of hydrogen-bond donors (Lipinski definition) is 1. The maximum Gasteiger partial charge on any atom is 0.0220 e. The fraction of sp³-hybridized carbons (Fsp3) is 1.00. The summed E-state index contributed by atoms with van der Waals surface area (Å²) in [5.41, 5.74) is 5.99. The highest BCUT2D eigenvalue weighted by molar-refractivity contribution is 4.84. The van der Waals surface area contributed by atoms with Crippen molar-refractivity contribution in [3.63, 3.8) is 0 Å². The van der Waals surface area contributed by atoms with E-state index in [4.69, 9.17) is 5.73 Å². The highest BCUT2D eigenvalue weighted by atomic mass is 15.2. The van der Waals surface area contributed by atoms with Crippen molar-refractivity contribution in [2.45, 2.75) is 51.5 Å². The maximum absolute atomic E-state index is 5.99. The first-order chi connectivity index (χ1) is 9.24.